The topological polar surface area (TPSA) is 78.0 Å². The number of benzene rings is 2. The van der Waals surface area contributed by atoms with Gasteiger partial charge in [-0.2, -0.15) is 0 Å². The Hall–Kier alpha value is -3.36. The first-order valence-corrected chi connectivity index (χ1v) is 10.1. The number of methoxy groups -OCH3 is 1. The van der Waals surface area contributed by atoms with Crippen molar-refractivity contribution >= 4 is 17.6 Å². The van der Waals surface area contributed by atoms with Crippen molar-refractivity contribution in [1.82, 2.24) is 16.0 Å². The van der Waals surface area contributed by atoms with Crippen LogP contribution in [0.15, 0.2) is 47.5 Å². The lowest BCUT2D eigenvalue weighted by atomic mass is 10.2. The number of carbonyl (C=O) groups excluding carboxylic acids is 1. The van der Waals surface area contributed by atoms with Crippen LogP contribution in [0.3, 0.4) is 0 Å². The average molecular weight is 431 g/mol. The molecule has 1 heterocycles. The van der Waals surface area contributed by atoms with Gasteiger partial charge in [0, 0.05) is 44.8 Å². The second-order valence-electron chi connectivity index (χ2n) is 7.13. The summed E-state index contributed by atoms with van der Waals surface area (Å²) < 4.78 is 33.1. The number of aliphatic imine (C=N–C) groups is 1. The van der Waals surface area contributed by atoms with Crippen molar-refractivity contribution in [1.29, 1.82) is 0 Å². The molecule has 0 aromatic heterocycles. The SMILES string of the molecule is CN=C(NCCNC(=O)c1ccc(OC)cc1)NC1CCN(c2c(F)cccc2F)C1. The van der Waals surface area contributed by atoms with Crippen molar-refractivity contribution in [2.75, 3.05) is 45.2 Å². The predicted molar refractivity (Wildman–Crippen MR) is 117 cm³/mol. The maximum absolute atomic E-state index is 14.0. The van der Waals surface area contributed by atoms with Crippen molar-refractivity contribution in [2.45, 2.75) is 12.5 Å². The largest absolute Gasteiger partial charge is 0.497 e. The molecule has 31 heavy (non-hydrogen) atoms. The van der Waals surface area contributed by atoms with Gasteiger partial charge in [-0.05, 0) is 42.8 Å². The van der Waals surface area contributed by atoms with Gasteiger partial charge in [0.25, 0.3) is 5.91 Å². The van der Waals surface area contributed by atoms with Gasteiger partial charge in [0.15, 0.2) is 5.96 Å². The average Bonchev–Trinajstić information content (AvgIpc) is 3.23. The minimum atomic E-state index is -0.559. The zero-order chi connectivity index (χ0) is 22.2. The van der Waals surface area contributed by atoms with Crippen molar-refractivity contribution in [3.63, 3.8) is 0 Å². The first kappa shape index (κ1) is 22.3. The van der Waals surface area contributed by atoms with Crippen molar-refractivity contribution in [3.05, 3.63) is 59.7 Å². The molecule has 1 unspecified atom stereocenters. The van der Waals surface area contributed by atoms with Crippen LogP contribution in [-0.2, 0) is 0 Å². The third-order valence-electron chi connectivity index (χ3n) is 5.06. The molecule has 0 radical (unpaired) electrons. The second kappa shape index (κ2) is 10.6. The molecule has 9 heteroatoms. The summed E-state index contributed by atoms with van der Waals surface area (Å²) in [5, 5.41) is 9.23. The number of hydrogen-bond donors (Lipinski definition) is 3. The van der Waals surface area contributed by atoms with Crippen LogP contribution in [0.25, 0.3) is 0 Å². The maximum Gasteiger partial charge on any atom is 0.251 e. The highest BCUT2D eigenvalue weighted by Gasteiger charge is 2.27. The van der Waals surface area contributed by atoms with E-state index in [0.29, 0.717) is 43.5 Å². The molecule has 1 saturated heterocycles. The minimum Gasteiger partial charge on any atom is -0.497 e. The van der Waals surface area contributed by atoms with E-state index in [2.05, 4.69) is 20.9 Å². The summed E-state index contributed by atoms with van der Waals surface area (Å²) in [4.78, 5) is 18.0. The summed E-state index contributed by atoms with van der Waals surface area (Å²) >= 11 is 0. The first-order chi connectivity index (χ1) is 15.0. The monoisotopic (exact) mass is 431 g/mol. The number of carbonyl (C=O) groups is 1. The molecule has 3 rings (SSSR count). The lowest BCUT2D eigenvalue weighted by molar-refractivity contribution is 0.0954. The standard InChI is InChI=1S/C22H27F2N5O2/c1-25-22(27-12-11-26-21(30)15-6-8-17(31-2)9-7-15)28-16-10-13-29(14-16)20-18(23)4-3-5-19(20)24/h3-9,16H,10-14H2,1-2H3,(H,26,30)(H2,25,27,28). The van der Waals surface area contributed by atoms with Crippen molar-refractivity contribution in [3.8, 4) is 5.75 Å². The number of ether oxygens (including phenoxy) is 1. The molecular weight excluding hydrogens is 404 g/mol. The fourth-order valence-corrected chi connectivity index (χ4v) is 3.46. The van der Waals surface area contributed by atoms with Gasteiger partial charge in [-0.25, -0.2) is 8.78 Å². The van der Waals surface area contributed by atoms with E-state index in [4.69, 9.17) is 4.74 Å². The van der Waals surface area contributed by atoms with Crippen LogP contribution in [-0.4, -0.2) is 58.2 Å². The Morgan fingerprint density at radius 2 is 1.81 bits per heavy atom. The summed E-state index contributed by atoms with van der Waals surface area (Å²) in [5.74, 6) is -0.0341. The molecule has 2 aromatic rings. The minimum absolute atomic E-state index is 0.000837. The number of rotatable bonds is 7. The normalized spacial score (nSPS) is 16.2. The molecule has 1 atom stereocenters. The molecule has 1 aliphatic rings. The van der Waals surface area contributed by atoms with Crippen LogP contribution in [0, 0.1) is 11.6 Å². The van der Waals surface area contributed by atoms with Crippen LogP contribution in [0.1, 0.15) is 16.8 Å². The van der Waals surface area contributed by atoms with Gasteiger partial charge in [0.05, 0.1) is 7.11 Å². The van der Waals surface area contributed by atoms with Crippen LogP contribution < -0.4 is 25.6 Å². The van der Waals surface area contributed by atoms with Gasteiger partial charge in [0.2, 0.25) is 0 Å². The third kappa shape index (κ3) is 5.84. The molecule has 1 aliphatic heterocycles. The lowest BCUT2D eigenvalue weighted by Crippen LogP contribution is -2.46. The van der Waals surface area contributed by atoms with Gasteiger partial charge >= 0.3 is 0 Å². The van der Waals surface area contributed by atoms with Gasteiger partial charge in [-0.3, -0.25) is 9.79 Å². The van der Waals surface area contributed by atoms with Gasteiger partial charge in [-0.15, -0.1) is 0 Å². The summed E-state index contributed by atoms with van der Waals surface area (Å²) in [7, 11) is 3.22. The van der Waals surface area contributed by atoms with E-state index < -0.39 is 11.6 Å². The zero-order valence-electron chi connectivity index (χ0n) is 17.6. The van der Waals surface area contributed by atoms with Gasteiger partial charge in [0.1, 0.15) is 23.1 Å². The Balaban J connectivity index is 1.42. The third-order valence-corrected chi connectivity index (χ3v) is 5.06. The van der Waals surface area contributed by atoms with E-state index in [-0.39, 0.29) is 17.6 Å². The molecule has 166 valence electrons. The van der Waals surface area contributed by atoms with Gasteiger partial charge in [-0.1, -0.05) is 6.07 Å². The number of para-hydroxylation sites is 1. The number of hydrogen-bond acceptors (Lipinski definition) is 4. The molecule has 1 amide bonds. The van der Waals surface area contributed by atoms with E-state index in [9.17, 15) is 13.6 Å². The lowest BCUT2D eigenvalue weighted by Gasteiger charge is -2.21. The molecular formula is C22H27F2N5O2. The molecule has 0 saturated carbocycles. The maximum atomic E-state index is 14.0. The van der Waals surface area contributed by atoms with E-state index in [1.807, 2.05) is 0 Å². The summed E-state index contributed by atoms with van der Waals surface area (Å²) in [6.07, 6.45) is 0.725. The molecule has 3 N–H and O–H groups in total. The zero-order valence-corrected chi connectivity index (χ0v) is 17.6. The quantitative estimate of drug-likeness (QED) is 0.356. The number of anilines is 1. The molecule has 7 nitrogen and oxygen atoms in total. The molecule has 2 aromatic carbocycles. The Bertz CT molecular complexity index is 900. The summed E-state index contributed by atoms with van der Waals surface area (Å²) in [6.45, 7) is 1.89. The Morgan fingerprint density at radius 3 is 2.45 bits per heavy atom. The molecule has 0 bridgehead atoms. The first-order valence-electron chi connectivity index (χ1n) is 10.1. The number of nitrogens with zero attached hydrogens (tertiary/aromatic N) is 2. The fraction of sp³-hybridized carbons (Fsp3) is 0.364. The van der Waals surface area contributed by atoms with Crippen LogP contribution in [0.2, 0.25) is 0 Å². The Kier molecular flexibility index (Phi) is 7.64. The van der Waals surface area contributed by atoms with Crippen LogP contribution >= 0.6 is 0 Å². The number of amides is 1. The highest BCUT2D eigenvalue weighted by molar-refractivity contribution is 5.94. The van der Waals surface area contributed by atoms with E-state index in [1.54, 1.807) is 43.3 Å². The molecule has 1 fully saturated rings. The fourth-order valence-electron chi connectivity index (χ4n) is 3.46. The summed E-state index contributed by atoms with van der Waals surface area (Å²) in [5.41, 5.74) is 0.561. The number of nitrogens with one attached hydrogen (secondary N) is 3. The van der Waals surface area contributed by atoms with E-state index >= 15 is 0 Å². The smallest absolute Gasteiger partial charge is 0.251 e. The Labute approximate surface area is 180 Å². The van der Waals surface area contributed by atoms with E-state index in [0.717, 1.165) is 6.42 Å². The molecule has 0 aliphatic carbocycles. The second-order valence-corrected chi connectivity index (χ2v) is 7.13. The van der Waals surface area contributed by atoms with Gasteiger partial charge < -0.3 is 25.6 Å². The predicted octanol–water partition coefficient (Wildman–Crippen LogP) is 2.15. The van der Waals surface area contributed by atoms with Crippen molar-refractivity contribution in [2.24, 2.45) is 4.99 Å². The summed E-state index contributed by atoms with van der Waals surface area (Å²) in [6, 6.07) is 10.8. The number of guanidine groups is 1. The van der Waals surface area contributed by atoms with E-state index in [1.165, 1.54) is 18.2 Å². The Morgan fingerprint density at radius 1 is 1.13 bits per heavy atom. The highest BCUT2D eigenvalue weighted by atomic mass is 19.1. The van der Waals surface area contributed by atoms with Crippen LogP contribution in [0.5, 0.6) is 5.75 Å². The van der Waals surface area contributed by atoms with Crippen molar-refractivity contribution < 1.29 is 18.3 Å². The highest BCUT2D eigenvalue weighted by Crippen LogP contribution is 2.26. The molecule has 0 spiro atoms. The van der Waals surface area contributed by atoms with Crippen LogP contribution in [0.4, 0.5) is 14.5 Å². The number of halogens is 2.